The van der Waals surface area contributed by atoms with E-state index in [-0.39, 0.29) is 0 Å². The van der Waals surface area contributed by atoms with Gasteiger partial charge in [-0.3, -0.25) is 0 Å². The van der Waals surface area contributed by atoms with Gasteiger partial charge in [-0.1, -0.05) is 34.1 Å². The van der Waals surface area contributed by atoms with Crippen LogP contribution in [-0.2, 0) is 0 Å². The van der Waals surface area contributed by atoms with Gasteiger partial charge in [-0.25, -0.2) is 4.98 Å². The van der Waals surface area contributed by atoms with Gasteiger partial charge in [-0.2, -0.15) is 5.26 Å². The Balaban J connectivity index is 2.34. The van der Waals surface area contributed by atoms with E-state index in [0.29, 0.717) is 5.56 Å². The molecule has 0 radical (unpaired) electrons. The number of nitrogens with zero attached hydrogens (tertiary/aromatic N) is 2. The first-order valence-corrected chi connectivity index (χ1v) is 7.69. The van der Waals surface area contributed by atoms with Gasteiger partial charge in [0.15, 0.2) is 0 Å². The molecule has 0 fully saturated rings. The Morgan fingerprint density at radius 3 is 2.80 bits per heavy atom. The van der Waals surface area contributed by atoms with Crippen LogP contribution in [0.1, 0.15) is 5.56 Å². The Bertz CT molecular complexity index is 1030. The van der Waals surface area contributed by atoms with Gasteiger partial charge in [-0.05, 0) is 24.3 Å². The van der Waals surface area contributed by atoms with Crippen LogP contribution in [0.4, 0.5) is 0 Å². The van der Waals surface area contributed by atoms with Crippen molar-refractivity contribution < 1.29 is 0 Å². The first kappa shape index (κ1) is 11.8. The van der Waals surface area contributed by atoms with Crippen molar-refractivity contribution in [1.29, 1.82) is 5.26 Å². The Morgan fingerprint density at radius 2 is 1.95 bits per heavy atom. The third-order valence-corrected chi connectivity index (χ3v) is 4.95. The summed E-state index contributed by atoms with van der Waals surface area (Å²) in [5, 5.41) is 12.6. The largest absolute Gasteiger partial charge is 0.237 e. The molecule has 2 aromatic carbocycles. The zero-order chi connectivity index (χ0) is 13.7. The molecular formula is C16H7BrN2S. The molecule has 20 heavy (non-hydrogen) atoms. The average molecular weight is 339 g/mol. The van der Waals surface area contributed by atoms with Gasteiger partial charge < -0.3 is 0 Å². The smallest absolute Gasteiger partial charge is 0.126 e. The number of rotatable bonds is 0. The number of benzene rings is 2. The number of nitriles is 1. The number of pyridine rings is 1. The second kappa shape index (κ2) is 4.27. The van der Waals surface area contributed by atoms with E-state index in [1.54, 1.807) is 11.3 Å². The summed E-state index contributed by atoms with van der Waals surface area (Å²) in [6.45, 7) is 0. The number of hydrogen-bond acceptors (Lipinski definition) is 3. The lowest BCUT2D eigenvalue weighted by atomic mass is 10.0. The molecule has 0 aliphatic carbocycles. The normalized spacial score (nSPS) is 11.2. The quantitative estimate of drug-likeness (QED) is 0.439. The monoisotopic (exact) mass is 338 g/mol. The Kier molecular flexibility index (Phi) is 2.53. The highest BCUT2D eigenvalue weighted by Crippen LogP contribution is 2.37. The Morgan fingerprint density at radius 1 is 1.10 bits per heavy atom. The summed E-state index contributed by atoms with van der Waals surface area (Å²) in [6.07, 6.45) is 0. The zero-order valence-electron chi connectivity index (χ0n) is 10.2. The van der Waals surface area contributed by atoms with Gasteiger partial charge in [0.1, 0.15) is 10.9 Å². The third-order valence-electron chi connectivity index (χ3n) is 3.39. The molecule has 0 N–H and O–H groups in total. The van der Waals surface area contributed by atoms with Crippen LogP contribution in [0.5, 0.6) is 0 Å². The Labute approximate surface area is 127 Å². The number of hydrogen-bond donors (Lipinski definition) is 0. The highest BCUT2D eigenvalue weighted by molar-refractivity contribution is 9.10. The molecule has 0 bridgehead atoms. The molecule has 2 aromatic heterocycles. The van der Waals surface area contributed by atoms with Crippen molar-refractivity contribution in [2.75, 3.05) is 0 Å². The molecule has 4 aromatic rings. The van der Waals surface area contributed by atoms with E-state index in [9.17, 15) is 5.26 Å². The fraction of sp³-hybridized carbons (Fsp3) is 0. The van der Waals surface area contributed by atoms with E-state index >= 15 is 0 Å². The molecule has 0 saturated heterocycles. The minimum Gasteiger partial charge on any atom is -0.237 e. The number of fused-ring (bicyclic) bond motifs is 4. The molecule has 4 heteroatoms. The molecule has 0 spiro atoms. The van der Waals surface area contributed by atoms with Crippen LogP contribution in [0.3, 0.4) is 0 Å². The summed E-state index contributed by atoms with van der Waals surface area (Å²) in [6, 6.07) is 16.4. The van der Waals surface area contributed by atoms with E-state index in [4.69, 9.17) is 4.98 Å². The number of halogens is 1. The standard InChI is InChI=1S/C16H7BrN2S/c17-9-5-6-13-11(7-9)12(8-18)15-10-3-1-2-4-14(10)20-16(15)19-13/h1-7H. The highest BCUT2D eigenvalue weighted by atomic mass is 79.9. The van der Waals surface area contributed by atoms with Crippen LogP contribution < -0.4 is 0 Å². The van der Waals surface area contributed by atoms with E-state index < -0.39 is 0 Å². The van der Waals surface area contributed by atoms with Crippen LogP contribution in [-0.4, -0.2) is 4.98 Å². The first-order chi connectivity index (χ1) is 9.78. The summed E-state index contributed by atoms with van der Waals surface area (Å²) < 4.78 is 2.13. The van der Waals surface area contributed by atoms with Crippen LogP contribution in [0.15, 0.2) is 46.9 Å². The lowest BCUT2D eigenvalue weighted by molar-refractivity contribution is 1.49. The van der Waals surface area contributed by atoms with Gasteiger partial charge in [0, 0.05) is 25.3 Å². The second-order valence-electron chi connectivity index (χ2n) is 4.54. The van der Waals surface area contributed by atoms with Gasteiger partial charge >= 0.3 is 0 Å². The summed E-state index contributed by atoms with van der Waals surface area (Å²) in [7, 11) is 0. The number of aromatic nitrogens is 1. The third kappa shape index (κ3) is 1.57. The van der Waals surface area contributed by atoms with E-state index in [2.05, 4.69) is 34.1 Å². The lowest BCUT2D eigenvalue weighted by Crippen LogP contribution is -1.86. The minimum atomic E-state index is 0.712. The maximum absolute atomic E-state index is 9.61. The zero-order valence-corrected chi connectivity index (χ0v) is 12.6. The predicted molar refractivity (Wildman–Crippen MR) is 87.0 cm³/mol. The van der Waals surface area contributed by atoms with E-state index in [0.717, 1.165) is 31.0 Å². The van der Waals surface area contributed by atoms with Crippen LogP contribution in [0.25, 0.3) is 31.2 Å². The van der Waals surface area contributed by atoms with Crippen molar-refractivity contribution in [1.82, 2.24) is 4.98 Å². The molecule has 4 rings (SSSR count). The molecule has 2 nitrogen and oxygen atoms in total. The van der Waals surface area contributed by atoms with Crippen molar-refractivity contribution in [3.8, 4) is 6.07 Å². The van der Waals surface area contributed by atoms with Crippen molar-refractivity contribution >= 4 is 58.5 Å². The van der Waals surface area contributed by atoms with Crippen molar-refractivity contribution in [3.63, 3.8) is 0 Å². The molecule has 2 heterocycles. The predicted octanol–water partition coefficient (Wildman–Crippen LogP) is 5.24. The lowest BCUT2D eigenvalue weighted by Gasteiger charge is -2.02. The van der Waals surface area contributed by atoms with Crippen LogP contribution in [0, 0.1) is 11.3 Å². The van der Waals surface area contributed by atoms with Crippen LogP contribution >= 0.6 is 27.3 Å². The maximum Gasteiger partial charge on any atom is 0.126 e. The molecule has 0 amide bonds. The Hall–Kier alpha value is -1.96. The molecular weight excluding hydrogens is 332 g/mol. The van der Waals surface area contributed by atoms with E-state index in [1.165, 1.54) is 4.70 Å². The van der Waals surface area contributed by atoms with Crippen molar-refractivity contribution in [2.45, 2.75) is 0 Å². The van der Waals surface area contributed by atoms with E-state index in [1.807, 2.05) is 30.3 Å². The van der Waals surface area contributed by atoms with Gasteiger partial charge in [0.25, 0.3) is 0 Å². The van der Waals surface area contributed by atoms with Gasteiger partial charge in [-0.15, -0.1) is 11.3 Å². The average Bonchev–Trinajstić information content (AvgIpc) is 2.83. The SMILES string of the molecule is N#Cc1c2cc(Br)ccc2nc2sc3ccccc3c12. The fourth-order valence-corrected chi connectivity index (χ4v) is 3.97. The molecule has 0 aliphatic rings. The summed E-state index contributed by atoms with van der Waals surface area (Å²) >= 11 is 5.10. The minimum absolute atomic E-state index is 0.712. The number of thiophene rings is 1. The first-order valence-electron chi connectivity index (χ1n) is 6.08. The van der Waals surface area contributed by atoms with Crippen molar-refractivity contribution in [2.24, 2.45) is 0 Å². The summed E-state index contributed by atoms with van der Waals surface area (Å²) in [4.78, 5) is 5.64. The summed E-state index contributed by atoms with van der Waals surface area (Å²) in [5.41, 5.74) is 1.58. The molecule has 94 valence electrons. The molecule has 0 saturated carbocycles. The molecule has 0 atom stereocenters. The second-order valence-corrected chi connectivity index (χ2v) is 6.48. The molecule has 0 unspecified atom stereocenters. The van der Waals surface area contributed by atoms with Gasteiger partial charge in [0.05, 0.1) is 11.1 Å². The fourth-order valence-electron chi connectivity index (χ4n) is 2.52. The highest BCUT2D eigenvalue weighted by Gasteiger charge is 2.14. The maximum atomic E-state index is 9.61. The van der Waals surface area contributed by atoms with Crippen LogP contribution in [0.2, 0.25) is 0 Å². The van der Waals surface area contributed by atoms with Crippen molar-refractivity contribution in [3.05, 3.63) is 52.5 Å². The summed E-state index contributed by atoms with van der Waals surface area (Å²) in [5.74, 6) is 0. The molecule has 0 aliphatic heterocycles. The van der Waals surface area contributed by atoms with Gasteiger partial charge in [0.2, 0.25) is 0 Å². The topological polar surface area (TPSA) is 36.7 Å².